The number of benzene rings is 1. The van der Waals surface area contributed by atoms with E-state index in [0.29, 0.717) is 48.4 Å². The fourth-order valence-corrected chi connectivity index (χ4v) is 4.73. The van der Waals surface area contributed by atoms with Crippen LogP contribution in [0, 0.1) is 23.5 Å². The van der Waals surface area contributed by atoms with E-state index in [-0.39, 0.29) is 17.1 Å². The van der Waals surface area contributed by atoms with Crippen LogP contribution in [0.4, 0.5) is 14.7 Å². The minimum Gasteiger partial charge on any atom is -0.493 e. The number of hydrogen-bond acceptors (Lipinski definition) is 10. The van der Waals surface area contributed by atoms with Gasteiger partial charge in [-0.1, -0.05) is 31.1 Å². The summed E-state index contributed by atoms with van der Waals surface area (Å²) in [5.41, 5.74) is 0.416. The monoisotopic (exact) mass is 553 g/mol. The normalized spacial score (nSPS) is 14.3. The molecule has 0 bridgehead atoms. The Bertz CT molecular complexity index is 1380. The zero-order valence-corrected chi connectivity index (χ0v) is 22.9. The van der Waals surface area contributed by atoms with Gasteiger partial charge in [-0.25, -0.2) is 18.7 Å². The Balaban J connectivity index is 1.06. The van der Waals surface area contributed by atoms with E-state index in [4.69, 9.17) is 13.8 Å². The van der Waals surface area contributed by atoms with E-state index in [1.165, 1.54) is 0 Å². The van der Waals surface area contributed by atoms with Crippen LogP contribution in [0.5, 0.6) is 5.75 Å². The number of aromatic nitrogens is 6. The third-order valence-corrected chi connectivity index (χ3v) is 6.88. The molecule has 0 unspecified atom stereocenters. The van der Waals surface area contributed by atoms with E-state index in [0.717, 1.165) is 62.9 Å². The number of hydrogen-bond donors (Lipinski definition) is 0. The molecule has 10 nitrogen and oxygen atoms in total. The fourth-order valence-electron chi connectivity index (χ4n) is 4.73. The Morgan fingerprint density at radius 1 is 0.975 bits per heavy atom. The van der Waals surface area contributed by atoms with Gasteiger partial charge in [-0.2, -0.15) is 9.97 Å². The van der Waals surface area contributed by atoms with Gasteiger partial charge in [0.05, 0.1) is 17.7 Å². The molecule has 4 heterocycles. The van der Waals surface area contributed by atoms with E-state index < -0.39 is 11.6 Å². The first-order valence-corrected chi connectivity index (χ1v) is 13.7. The predicted molar refractivity (Wildman–Crippen MR) is 143 cm³/mol. The van der Waals surface area contributed by atoms with Crippen molar-refractivity contribution < 1.29 is 22.6 Å². The number of ether oxygens (including phenoxy) is 1. The summed E-state index contributed by atoms with van der Waals surface area (Å²) in [7, 11) is 0. The molecule has 5 rings (SSSR count). The van der Waals surface area contributed by atoms with Crippen LogP contribution in [-0.2, 0) is 12.8 Å². The molecule has 40 heavy (non-hydrogen) atoms. The Kier molecular flexibility index (Phi) is 8.61. The van der Waals surface area contributed by atoms with Crippen molar-refractivity contribution in [3.05, 3.63) is 47.9 Å². The van der Waals surface area contributed by atoms with Gasteiger partial charge in [0.25, 0.3) is 0 Å². The highest BCUT2D eigenvalue weighted by molar-refractivity contribution is 5.58. The van der Waals surface area contributed by atoms with Crippen LogP contribution in [0.25, 0.3) is 22.8 Å². The molecule has 4 aromatic rings. The van der Waals surface area contributed by atoms with Gasteiger partial charge in [0.1, 0.15) is 17.4 Å². The Morgan fingerprint density at radius 2 is 1.62 bits per heavy atom. The number of piperidine rings is 1. The lowest BCUT2D eigenvalue weighted by molar-refractivity contribution is 0.277. The SMILES string of the molecule is CCc1nc(-c2c(F)cc(OCCCC3CCN(c4ncc(-c5noc(CC(C)C)n5)cn4)CC3)cc2F)no1. The lowest BCUT2D eigenvalue weighted by atomic mass is 9.92. The van der Waals surface area contributed by atoms with Crippen molar-refractivity contribution in [2.45, 2.75) is 59.3 Å². The van der Waals surface area contributed by atoms with Gasteiger partial charge in [-0.3, -0.25) is 0 Å². The first-order valence-electron chi connectivity index (χ1n) is 13.7. The fraction of sp³-hybridized carbons (Fsp3) is 0.500. The van der Waals surface area contributed by atoms with Crippen LogP contribution in [0.1, 0.15) is 58.2 Å². The largest absolute Gasteiger partial charge is 0.493 e. The van der Waals surface area contributed by atoms with Gasteiger partial charge in [0, 0.05) is 50.5 Å². The second kappa shape index (κ2) is 12.5. The summed E-state index contributed by atoms with van der Waals surface area (Å²) in [4.78, 5) is 19.7. The molecule has 1 saturated heterocycles. The Morgan fingerprint density at radius 3 is 2.27 bits per heavy atom. The second-order valence-electron chi connectivity index (χ2n) is 10.4. The predicted octanol–water partition coefficient (Wildman–Crippen LogP) is 5.69. The topological polar surface area (TPSA) is 116 Å². The van der Waals surface area contributed by atoms with Crippen LogP contribution < -0.4 is 9.64 Å². The average molecular weight is 554 g/mol. The lowest BCUT2D eigenvalue weighted by Crippen LogP contribution is -2.34. The third kappa shape index (κ3) is 6.60. The zero-order valence-electron chi connectivity index (χ0n) is 22.9. The minimum absolute atomic E-state index is 0.103. The molecule has 0 amide bonds. The number of halogens is 2. The maximum Gasteiger partial charge on any atom is 0.227 e. The van der Waals surface area contributed by atoms with Gasteiger partial charge in [0.2, 0.25) is 29.4 Å². The summed E-state index contributed by atoms with van der Waals surface area (Å²) in [6, 6.07) is 2.32. The maximum absolute atomic E-state index is 14.6. The number of nitrogens with zero attached hydrogens (tertiary/aromatic N) is 7. The molecule has 1 aliphatic heterocycles. The summed E-state index contributed by atoms with van der Waals surface area (Å²) in [6.07, 6.45) is 8.47. The average Bonchev–Trinajstić information content (AvgIpc) is 3.61. The smallest absolute Gasteiger partial charge is 0.227 e. The molecule has 0 spiro atoms. The molecule has 1 aliphatic rings. The van der Waals surface area contributed by atoms with E-state index in [9.17, 15) is 8.78 Å². The standard InChI is InChI=1S/C28H33F2N7O3/c1-4-23-33-27(36-39-23)25-21(29)13-20(14-22(25)30)38-11-5-6-18-7-9-37(10-8-18)28-31-15-19(16-32-28)26-34-24(40-35-26)12-17(2)3/h13-18H,4-12H2,1-3H3. The first kappa shape index (κ1) is 27.6. The molecule has 1 fully saturated rings. The molecule has 1 aromatic carbocycles. The molecule has 12 heteroatoms. The lowest BCUT2D eigenvalue weighted by Gasteiger charge is -2.32. The molecule has 0 aliphatic carbocycles. The summed E-state index contributed by atoms with van der Waals surface area (Å²) < 4.78 is 45.1. The molecular formula is C28H33F2N7O3. The van der Waals surface area contributed by atoms with Crippen LogP contribution in [-0.4, -0.2) is 49.9 Å². The van der Waals surface area contributed by atoms with E-state index in [2.05, 4.69) is 49.0 Å². The second-order valence-corrected chi connectivity index (χ2v) is 10.4. The van der Waals surface area contributed by atoms with Crippen LogP contribution in [0.3, 0.4) is 0 Å². The summed E-state index contributed by atoms with van der Waals surface area (Å²) >= 11 is 0. The number of aryl methyl sites for hydroxylation is 1. The van der Waals surface area contributed by atoms with Crippen molar-refractivity contribution in [3.63, 3.8) is 0 Å². The van der Waals surface area contributed by atoms with E-state index in [1.54, 1.807) is 12.4 Å². The molecule has 0 radical (unpaired) electrons. The van der Waals surface area contributed by atoms with Gasteiger partial charge in [-0.05, 0) is 37.5 Å². The van der Waals surface area contributed by atoms with Crippen LogP contribution in [0.2, 0.25) is 0 Å². The summed E-state index contributed by atoms with van der Waals surface area (Å²) in [5, 5.41) is 7.70. The number of rotatable bonds is 11. The van der Waals surface area contributed by atoms with Crippen molar-refractivity contribution in [2.75, 3.05) is 24.6 Å². The number of anilines is 1. The third-order valence-electron chi connectivity index (χ3n) is 6.88. The molecule has 3 aromatic heterocycles. The molecule has 0 N–H and O–H groups in total. The van der Waals surface area contributed by atoms with Crippen LogP contribution >= 0.6 is 0 Å². The van der Waals surface area contributed by atoms with Crippen molar-refractivity contribution >= 4 is 5.95 Å². The highest BCUT2D eigenvalue weighted by atomic mass is 19.1. The summed E-state index contributed by atoms with van der Waals surface area (Å²) in [5.74, 6) is 1.58. The van der Waals surface area contributed by atoms with Gasteiger partial charge in [-0.15, -0.1) is 0 Å². The molecular weight excluding hydrogens is 520 g/mol. The van der Waals surface area contributed by atoms with Gasteiger partial charge in [0.15, 0.2) is 0 Å². The van der Waals surface area contributed by atoms with E-state index in [1.807, 2.05) is 6.92 Å². The molecule has 0 saturated carbocycles. The maximum atomic E-state index is 14.6. The van der Waals surface area contributed by atoms with Gasteiger partial charge < -0.3 is 18.7 Å². The van der Waals surface area contributed by atoms with Crippen molar-refractivity contribution in [2.24, 2.45) is 11.8 Å². The quantitative estimate of drug-likeness (QED) is 0.214. The Labute approximate surface area is 231 Å². The molecule has 0 atom stereocenters. The van der Waals surface area contributed by atoms with Crippen molar-refractivity contribution in [1.82, 2.24) is 30.2 Å². The van der Waals surface area contributed by atoms with Crippen molar-refractivity contribution in [1.29, 1.82) is 0 Å². The molecule has 212 valence electrons. The minimum atomic E-state index is -0.783. The zero-order chi connectivity index (χ0) is 28.1. The highest BCUT2D eigenvalue weighted by Crippen LogP contribution is 2.29. The Hall–Kier alpha value is -3.96. The first-order chi connectivity index (χ1) is 19.4. The van der Waals surface area contributed by atoms with Crippen LogP contribution in [0.15, 0.2) is 33.6 Å². The highest BCUT2D eigenvalue weighted by Gasteiger charge is 2.22. The summed E-state index contributed by atoms with van der Waals surface area (Å²) in [6.45, 7) is 8.12. The van der Waals surface area contributed by atoms with E-state index >= 15 is 0 Å². The van der Waals surface area contributed by atoms with Crippen molar-refractivity contribution in [3.8, 4) is 28.5 Å². The van der Waals surface area contributed by atoms with Gasteiger partial charge >= 0.3 is 0 Å².